The molecular weight excluding hydrogens is 212 g/mol. The number of thioether (sulfide) groups is 1. The summed E-state index contributed by atoms with van der Waals surface area (Å²) in [6.07, 6.45) is 9.77. The Morgan fingerprint density at radius 3 is 2.69 bits per heavy atom. The molecule has 0 aliphatic carbocycles. The first-order valence-electron chi connectivity index (χ1n) is 6.44. The lowest BCUT2D eigenvalue weighted by Crippen LogP contribution is -1.85. The van der Waals surface area contributed by atoms with Gasteiger partial charge in [0.15, 0.2) is 0 Å². The van der Waals surface area contributed by atoms with Crippen LogP contribution in [0.25, 0.3) is 0 Å². The summed E-state index contributed by atoms with van der Waals surface area (Å²) in [4.78, 5) is 0. The van der Waals surface area contributed by atoms with Gasteiger partial charge < -0.3 is 0 Å². The van der Waals surface area contributed by atoms with Crippen LogP contribution in [-0.2, 0) is 0 Å². The molecular formula is C15H26S. The normalized spacial score (nSPS) is 11.1. The van der Waals surface area contributed by atoms with Gasteiger partial charge in [0.05, 0.1) is 0 Å². The quantitative estimate of drug-likeness (QED) is 0.308. The summed E-state index contributed by atoms with van der Waals surface area (Å²) in [5.41, 5.74) is 1.54. The highest BCUT2D eigenvalue weighted by Crippen LogP contribution is 2.12. The first kappa shape index (κ1) is 15.7. The Kier molecular flexibility index (Phi) is 12.4. The highest BCUT2D eigenvalue weighted by atomic mass is 32.2. The molecule has 0 atom stereocenters. The van der Waals surface area contributed by atoms with Crippen molar-refractivity contribution in [3.63, 3.8) is 0 Å². The SMILES string of the molecule is CC#CCC/C=C(\C)CCCSCCCC. The molecule has 16 heavy (non-hydrogen) atoms. The first-order chi connectivity index (χ1) is 7.81. The van der Waals surface area contributed by atoms with Crippen LogP contribution in [0, 0.1) is 11.8 Å². The van der Waals surface area contributed by atoms with E-state index < -0.39 is 0 Å². The number of unbranched alkanes of at least 4 members (excludes halogenated alkanes) is 2. The Morgan fingerprint density at radius 2 is 2.00 bits per heavy atom. The van der Waals surface area contributed by atoms with Gasteiger partial charge >= 0.3 is 0 Å². The van der Waals surface area contributed by atoms with Gasteiger partial charge in [0.25, 0.3) is 0 Å². The van der Waals surface area contributed by atoms with E-state index in [9.17, 15) is 0 Å². The molecule has 0 radical (unpaired) electrons. The van der Waals surface area contributed by atoms with E-state index in [1.54, 1.807) is 0 Å². The third kappa shape index (κ3) is 11.7. The Morgan fingerprint density at radius 1 is 1.25 bits per heavy atom. The molecule has 0 aliphatic rings. The minimum absolute atomic E-state index is 1.01. The molecule has 0 fully saturated rings. The van der Waals surface area contributed by atoms with Crippen molar-refractivity contribution < 1.29 is 0 Å². The standard InChI is InChI=1S/C15H26S/c1-4-6-8-9-11-15(3)12-10-14-16-13-7-5-2/h11H,5,7-10,12-14H2,1-3H3/b15-11+. The van der Waals surface area contributed by atoms with Gasteiger partial charge in [-0.2, -0.15) is 11.8 Å². The Labute approximate surface area is 106 Å². The molecule has 0 spiro atoms. The molecule has 0 unspecified atom stereocenters. The van der Waals surface area contributed by atoms with Crippen molar-refractivity contribution >= 4 is 11.8 Å². The molecule has 0 rings (SSSR count). The van der Waals surface area contributed by atoms with Gasteiger partial charge in [-0.1, -0.05) is 25.0 Å². The lowest BCUT2D eigenvalue weighted by atomic mass is 10.1. The molecule has 0 saturated heterocycles. The van der Waals surface area contributed by atoms with E-state index in [1.807, 2.05) is 6.92 Å². The third-order valence-corrected chi connectivity index (χ3v) is 3.60. The number of hydrogen-bond donors (Lipinski definition) is 0. The zero-order valence-electron chi connectivity index (χ0n) is 11.1. The average molecular weight is 238 g/mol. The highest BCUT2D eigenvalue weighted by molar-refractivity contribution is 7.99. The molecule has 0 heterocycles. The number of rotatable bonds is 9. The molecule has 0 aromatic rings. The fourth-order valence-corrected chi connectivity index (χ4v) is 2.46. The zero-order chi connectivity index (χ0) is 12.1. The molecule has 0 aromatic heterocycles. The van der Waals surface area contributed by atoms with Gasteiger partial charge in [-0.15, -0.1) is 11.8 Å². The number of hydrogen-bond acceptors (Lipinski definition) is 1. The van der Waals surface area contributed by atoms with E-state index in [0.717, 1.165) is 12.8 Å². The molecule has 0 aromatic carbocycles. The fourth-order valence-electron chi connectivity index (χ4n) is 1.42. The van der Waals surface area contributed by atoms with Crippen molar-refractivity contribution in [3.05, 3.63) is 11.6 Å². The van der Waals surface area contributed by atoms with Crippen LogP contribution >= 0.6 is 11.8 Å². The fraction of sp³-hybridized carbons (Fsp3) is 0.733. The summed E-state index contributed by atoms with van der Waals surface area (Å²) < 4.78 is 0. The summed E-state index contributed by atoms with van der Waals surface area (Å²) in [5.74, 6) is 8.68. The van der Waals surface area contributed by atoms with Crippen LogP contribution in [0.4, 0.5) is 0 Å². The smallest absolute Gasteiger partial charge is 0.0123 e. The molecule has 92 valence electrons. The van der Waals surface area contributed by atoms with E-state index in [1.165, 1.54) is 42.8 Å². The van der Waals surface area contributed by atoms with Crippen molar-refractivity contribution in [2.24, 2.45) is 0 Å². The third-order valence-electron chi connectivity index (χ3n) is 2.44. The summed E-state index contributed by atoms with van der Waals surface area (Å²) in [6, 6.07) is 0. The van der Waals surface area contributed by atoms with Crippen LogP contribution in [0.1, 0.15) is 59.3 Å². The van der Waals surface area contributed by atoms with Crippen LogP contribution in [0.5, 0.6) is 0 Å². The summed E-state index contributed by atoms with van der Waals surface area (Å²) in [6.45, 7) is 6.41. The Balaban J connectivity index is 3.33. The van der Waals surface area contributed by atoms with Crippen molar-refractivity contribution in [1.82, 2.24) is 0 Å². The van der Waals surface area contributed by atoms with E-state index in [4.69, 9.17) is 0 Å². The highest BCUT2D eigenvalue weighted by Gasteiger charge is 1.92. The first-order valence-corrected chi connectivity index (χ1v) is 7.59. The van der Waals surface area contributed by atoms with Crippen molar-refractivity contribution in [2.45, 2.75) is 59.3 Å². The molecule has 0 aliphatic heterocycles. The van der Waals surface area contributed by atoms with Crippen molar-refractivity contribution in [2.75, 3.05) is 11.5 Å². The van der Waals surface area contributed by atoms with Gasteiger partial charge in [0.1, 0.15) is 0 Å². The van der Waals surface area contributed by atoms with Crippen LogP contribution in [0.15, 0.2) is 11.6 Å². The zero-order valence-corrected chi connectivity index (χ0v) is 12.0. The van der Waals surface area contributed by atoms with Crippen molar-refractivity contribution in [3.8, 4) is 11.8 Å². The summed E-state index contributed by atoms with van der Waals surface area (Å²) in [7, 11) is 0. The number of allylic oxidation sites excluding steroid dienone is 2. The summed E-state index contributed by atoms with van der Waals surface area (Å²) >= 11 is 2.10. The van der Waals surface area contributed by atoms with Gasteiger partial charge in [-0.05, 0) is 51.0 Å². The predicted molar refractivity (Wildman–Crippen MR) is 77.9 cm³/mol. The molecule has 0 amide bonds. The maximum absolute atomic E-state index is 3.10. The minimum atomic E-state index is 1.01. The second-order valence-corrected chi connectivity index (χ2v) is 5.31. The lowest BCUT2D eigenvalue weighted by molar-refractivity contribution is 0.882. The molecule has 0 saturated carbocycles. The average Bonchev–Trinajstić information content (AvgIpc) is 2.29. The molecule has 1 heteroatoms. The van der Waals surface area contributed by atoms with E-state index in [-0.39, 0.29) is 0 Å². The van der Waals surface area contributed by atoms with E-state index in [2.05, 4.69) is 43.5 Å². The van der Waals surface area contributed by atoms with Crippen LogP contribution in [0.3, 0.4) is 0 Å². The van der Waals surface area contributed by atoms with Crippen molar-refractivity contribution in [1.29, 1.82) is 0 Å². The van der Waals surface area contributed by atoms with E-state index >= 15 is 0 Å². The Bertz CT molecular complexity index is 230. The van der Waals surface area contributed by atoms with E-state index in [0.29, 0.717) is 0 Å². The minimum Gasteiger partial charge on any atom is -0.162 e. The second kappa shape index (κ2) is 12.7. The van der Waals surface area contributed by atoms with Gasteiger partial charge in [-0.25, -0.2) is 0 Å². The maximum Gasteiger partial charge on any atom is 0.0123 e. The molecule has 0 N–H and O–H groups in total. The maximum atomic E-state index is 3.10. The topological polar surface area (TPSA) is 0 Å². The van der Waals surface area contributed by atoms with Gasteiger partial charge in [0.2, 0.25) is 0 Å². The largest absolute Gasteiger partial charge is 0.162 e. The molecule has 0 nitrogen and oxygen atoms in total. The van der Waals surface area contributed by atoms with Crippen LogP contribution in [-0.4, -0.2) is 11.5 Å². The van der Waals surface area contributed by atoms with Gasteiger partial charge in [-0.3, -0.25) is 0 Å². The predicted octanol–water partition coefficient (Wildman–Crippen LogP) is 5.05. The monoisotopic (exact) mass is 238 g/mol. The Hall–Kier alpha value is -0.350. The second-order valence-electron chi connectivity index (χ2n) is 4.09. The lowest BCUT2D eigenvalue weighted by Gasteiger charge is -2.01. The van der Waals surface area contributed by atoms with Gasteiger partial charge in [0, 0.05) is 6.42 Å². The van der Waals surface area contributed by atoms with Crippen LogP contribution < -0.4 is 0 Å². The molecule has 0 bridgehead atoms. The van der Waals surface area contributed by atoms with Crippen LogP contribution in [0.2, 0.25) is 0 Å². The summed E-state index contributed by atoms with van der Waals surface area (Å²) in [5, 5.41) is 0.